The van der Waals surface area contributed by atoms with E-state index in [-0.39, 0.29) is 11.9 Å². The average Bonchev–Trinajstić information content (AvgIpc) is 2.73. The highest BCUT2D eigenvalue weighted by Gasteiger charge is 2.05. The molecule has 0 aliphatic carbocycles. The van der Waals surface area contributed by atoms with E-state index >= 15 is 0 Å². The Kier molecular flexibility index (Phi) is 8.62. The Labute approximate surface area is 161 Å². The lowest BCUT2D eigenvalue weighted by Gasteiger charge is -2.11. The van der Waals surface area contributed by atoms with Crippen molar-refractivity contribution in [3.63, 3.8) is 0 Å². The Hall–Kier alpha value is -3.09. The van der Waals surface area contributed by atoms with Crippen LogP contribution < -0.4 is 4.74 Å². The number of carbonyl (C=O) groups excluding carboxylic acids is 1. The molecular weight excluding hydrogens is 336 g/mol. The van der Waals surface area contributed by atoms with Crippen LogP contribution in [0.5, 0.6) is 5.75 Å². The van der Waals surface area contributed by atoms with Gasteiger partial charge >= 0.3 is 0 Å². The van der Waals surface area contributed by atoms with Gasteiger partial charge in [-0.25, -0.2) is 0 Å². The first-order valence-electron chi connectivity index (χ1n) is 8.85. The molecule has 0 aliphatic heterocycles. The summed E-state index contributed by atoms with van der Waals surface area (Å²) in [6.45, 7) is 4.25. The number of methoxy groups -OCH3 is 1. The number of ether oxygens (including phenoxy) is 2. The van der Waals surface area contributed by atoms with E-state index in [2.05, 4.69) is 18.4 Å². The summed E-state index contributed by atoms with van der Waals surface area (Å²) in [7, 11) is 1.57. The van der Waals surface area contributed by atoms with Crippen LogP contribution in [0.4, 0.5) is 0 Å². The van der Waals surface area contributed by atoms with E-state index in [0.717, 1.165) is 18.4 Å². The van der Waals surface area contributed by atoms with Crippen molar-refractivity contribution in [3.05, 3.63) is 90.5 Å². The zero-order chi connectivity index (χ0) is 19.3. The minimum atomic E-state index is -0.209. The second kappa shape index (κ2) is 11.5. The third-order valence-electron chi connectivity index (χ3n) is 3.84. The first-order valence-corrected chi connectivity index (χ1v) is 8.85. The molecule has 0 amide bonds. The number of hydrogen-bond donors (Lipinski definition) is 0. The number of rotatable bonds is 9. The maximum Gasteiger partial charge on any atom is 0.186 e. The van der Waals surface area contributed by atoms with Crippen LogP contribution in [0.25, 0.3) is 0 Å². The molecule has 0 bridgehead atoms. The average molecular weight is 360 g/mol. The Morgan fingerprint density at radius 3 is 2.74 bits per heavy atom. The van der Waals surface area contributed by atoms with Gasteiger partial charge in [-0.05, 0) is 42.7 Å². The first kappa shape index (κ1) is 20.2. The van der Waals surface area contributed by atoms with Crippen molar-refractivity contribution in [1.82, 2.24) is 0 Å². The second-order valence-corrected chi connectivity index (χ2v) is 5.87. The van der Waals surface area contributed by atoms with Gasteiger partial charge in [0.25, 0.3) is 0 Å². The van der Waals surface area contributed by atoms with Crippen molar-refractivity contribution in [3.8, 4) is 17.6 Å². The summed E-state index contributed by atoms with van der Waals surface area (Å²) >= 11 is 0. The predicted octanol–water partition coefficient (Wildman–Crippen LogP) is 4.99. The van der Waals surface area contributed by atoms with Crippen LogP contribution in [-0.2, 0) is 11.3 Å². The second-order valence-electron chi connectivity index (χ2n) is 5.87. The molecule has 0 heterocycles. The summed E-state index contributed by atoms with van der Waals surface area (Å²) in [5.41, 5.74) is 1.67. The Morgan fingerprint density at radius 2 is 2.00 bits per heavy atom. The molecule has 0 aromatic heterocycles. The van der Waals surface area contributed by atoms with Gasteiger partial charge in [-0.15, -0.1) is 6.58 Å². The molecule has 3 nitrogen and oxygen atoms in total. The molecule has 0 N–H and O–H groups in total. The molecule has 2 rings (SSSR count). The van der Waals surface area contributed by atoms with Crippen LogP contribution in [0, 0.1) is 11.8 Å². The molecule has 1 atom stereocenters. The van der Waals surface area contributed by atoms with Crippen molar-refractivity contribution in [1.29, 1.82) is 0 Å². The molecule has 3 heteroatoms. The lowest BCUT2D eigenvalue weighted by Crippen LogP contribution is -2.10. The summed E-state index contributed by atoms with van der Waals surface area (Å²) in [6, 6.07) is 17.0. The molecule has 0 saturated carbocycles. The molecule has 0 spiro atoms. The van der Waals surface area contributed by atoms with Crippen LogP contribution >= 0.6 is 0 Å². The summed E-state index contributed by atoms with van der Waals surface area (Å²) in [4.78, 5) is 12.2. The Balaban J connectivity index is 1.95. The number of allylic oxidation sites excluding steroid dienone is 3. The largest absolute Gasteiger partial charge is 0.497 e. The molecule has 27 heavy (non-hydrogen) atoms. The van der Waals surface area contributed by atoms with Gasteiger partial charge in [-0.1, -0.05) is 60.4 Å². The van der Waals surface area contributed by atoms with Crippen LogP contribution in [0.2, 0.25) is 0 Å². The van der Waals surface area contributed by atoms with Crippen LogP contribution in [-0.4, -0.2) is 19.0 Å². The summed E-state index contributed by atoms with van der Waals surface area (Å²) in [5, 5.41) is 0. The topological polar surface area (TPSA) is 35.5 Å². The maximum atomic E-state index is 12.2. The van der Waals surface area contributed by atoms with E-state index in [1.165, 1.54) is 6.08 Å². The third-order valence-corrected chi connectivity index (χ3v) is 3.84. The van der Waals surface area contributed by atoms with Crippen molar-refractivity contribution in [2.45, 2.75) is 25.6 Å². The number of ketones is 1. The van der Waals surface area contributed by atoms with Crippen LogP contribution in [0.3, 0.4) is 0 Å². The molecule has 0 radical (unpaired) electrons. The normalized spacial score (nSPS) is 11.4. The number of hydrogen-bond acceptors (Lipinski definition) is 3. The summed E-state index contributed by atoms with van der Waals surface area (Å²) in [6.07, 6.45) is 6.25. The lowest BCUT2D eigenvalue weighted by molar-refractivity contribution is 0.0733. The monoisotopic (exact) mass is 360 g/mol. The zero-order valence-electron chi connectivity index (χ0n) is 15.6. The fraction of sp³-hybridized carbons (Fsp3) is 0.208. The van der Waals surface area contributed by atoms with Crippen LogP contribution in [0.1, 0.15) is 28.8 Å². The Morgan fingerprint density at radius 1 is 1.19 bits per heavy atom. The van der Waals surface area contributed by atoms with Crippen LogP contribution in [0.15, 0.2) is 79.4 Å². The third kappa shape index (κ3) is 7.35. The molecular formula is C24H24O3. The SMILES string of the molecule is C=CCCC(C#C/C=C/C(=O)c1cccc(OC)c1)OCc1ccccc1. The highest BCUT2D eigenvalue weighted by molar-refractivity contribution is 6.04. The Bertz CT molecular complexity index is 825. The standard InChI is InChI=1S/C24H24O3/c1-3-4-14-22(27-19-20-11-6-5-7-12-20)15-8-9-17-24(25)21-13-10-16-23(18-21)26-2/h3,5-7,9-13,16-18,22H,1,4,14,19H2,2H3/b17-9+. The summed E-state index contributed by atoms with van der Waals surface area (Å²) < 4.78 is 11.0. The van der Waals surface area contributed by atoms with Gasteiger partial charge in [0.1, 0.15) is 11.9 Å². The number of carbonyl (C=O) groups is 1. The summed E-state index contributed by atoms with van der Waals surface area (Å²) in [5.74, 6) is 6.53. The van der Waals surface area contributed by atoms with Gasteiger partial charge in [-0.3, -0.25) is 4.79 Å². The molecule has 138 valence electrons. The zero-order valence-corrected chi connectivity index (χ0v) is 15.6. The molecule has 2 aromatic rings. The minimum Gasteiger partial charge on any atom is -0.497 e. The molecule has 0 fully saturated rings. The van der Waals surface area contributed by atoms with Crippen molar-refractivity contribution in [2.24, 2.45) is 0 Å². The molecule has 2 aromatic carbocycles. The van der Waals surface area contributed by atoms with Crippen molar-refractivity contribution >= 4 is 5.78 Å². The van der Waals surface area contributed by atoms with Gasteiger partial charge in [0, 0.05) is 5.56 Å². The van der Waals surface area contributed by atoms with E-state index < -0.39 is 0 Å². The van der Waals surface area contributed by atoms with E-state index in [4.69, 9.17) is 9.47 Å². The fourth-order valence-corrected chi connectivity index (χ4v) is 2.37. The van der Waals surface area contributed by atoms with Gasteiger partial charge < -0.3 is 9.47 Å². The van der Waals surface area contributed by atoms with E-state index in [1.54, 1.807) is 37.5 Å². The van der Waals surface area contributed by atoms with Crippen molar-refractivity contribution in [2.75, 3.05) is 7.11 Å². The van der Waals surface area contributed by atoms with E-state index in [0.29, 0.717) is 17.9 Å². The van der Waals surface area contributed by atoms with Gasteiger partial charge in [-0.2, -0.15) is 0 Å². The van der Waals surface area contributed by atoms with Crippen molar-refractivity contribution < 1.29 is 14.3 Å². The molecule has 0 aliphatic rings. The van der Waals surface area contributed by atoms with Gasteiger partial charge in [0.15, 0.2) is 5.78 Å². The first-order chi connectivity index (χ1) is 13.2. The predicted molar refractivity (Wildman–Crippen MR) is 109 cm³/mol. The molecule has 0 saturated heterocycles. The fourth-order valence-electron chi connectivity index (χ4n) is 2.37. The minimum absolute atomic E-state index is 0.115. The smallest absolute Gasteiger partial charge is 0.186 e. The maximum absolute atomic E-state index is 12.2. The quantitative estimate of drug-likeness (QED) is 0.273. The lowest BCUT2D eigenvalue weighted by atomic mass is 10.1. The van der Waals surface area contributed by atoms with Gasteiger partial charge in [0.2, 0.25) is 0 Å². The van der Waals surface area contributed by atoms with E-state index in [9.17, 15) is 4.79 Å². The molecule has 1 unspecified atom stereocenters. The highest BCUT2D eigenvalue weighted by Crippen LogP contribution is 2.13. The van der Waals surface area contributed by atoms with Gasteiger partial charge in [0.05, 0.1) is 13.7 Å². The highest BCUT2D eigenvalue weighted by atomic mass is 16.5. The van der Waals surface area contributed by atoms with E-state index in [1.807, 2.05) is 36.4 Å². The number of benzene rings is 2.